The third kappa shape index (κ3) is 2.92. The summed E-state index contributed by atoms with van der Waals surface area (Å²) in [6.07, 6.45) is 0. The smallest absolute Gasteiger partial charge is 0.141 e. The maximum absolute atomic E-state index is 5.75. The van der Waals surface area contributed by atoms with Crippen LogP contribution in [0, 0.1) is 0 Å². The van der Waals surface area contributed by atoms with Crippen molar-refractivity contribution < 1.29 is 4.74 Å². The number of nitrogens with two attached hydrogens (primary N) is 2. The minimum atomic E-state index is 0.681. The monoisotopic (exact) mass is 356 g/mol. The fraction of sp³-hybridized carbons (Fsp3) is 0. The van der Waals surface area contributed by atoms with E-state index < -0.39 is 0 Å². The molecule has 0 heterocycles. The molecule has 88 valence electrons. The molecular weight excluding hydrogens is 348 g/mol. The molecule has 0 aromatic heterocycles. The molecule has 0 aliphatic carbocycles. The number of hydrogen-bond acceptors (Lipinski definition) is 3. The molecule has 0 amide bonds. The first-order valence-corrected chi connectivity index (χ1v) is 6.43. The van der Waals surface area contributed by atoms with Gasteiger partial charge in [0, 0.05) is 11.4 Å². The Labute approximate surface area is 116 Å². The number of anilines is 2. The van der Waals surface area contributed by atoms with Gasteiger partial charge in [-0.2, -0.15) is 0 Å². The van der Waals surface area contributed by atoms with Crippen LogP contribution in [0.3, 0.4) is 0 Å². The third-order valence-corrected chi connectivity index (χ3v) is 3.37. The Bertz CT molecular complexity index is 509. The molecule has 0 atom stereocenters. The van der Waals surface area contributed by atoms with E-state index >= 15 is 0 Å². The van der Waals surface area contributed by atoms with Crippen LogP contribution in [0.5, 0.6) is 11.5 Å². The number of ether oxygens (including phenoxy) is 1. The lowest BCUT2D eigenvalue weighted by Crippen LogP contribution is -1.91. The van der Waals surface area contributed by atoms with Gasteiger partial charge in [0.15, 0.2) is 0 Å². The molecule has 4 N–H and O–H groups in total. The van der Waals surface area contributed by atoms with E-state index in [9.17, 15) is 0 Å². The fourth-order valence-corrected chi connectivity index (χ4v) is 2.27. The zero-order chi connectivity index (χ0) is 12.4. The van der Waals surface area contributed by atoms with Crippen LogP contribution in [0.4, 0.5) is 11.4 Å². The molecule has 0 radical (unpaired) electrons. The van der Waals surface area contributed by atoms with Crippen LogP contribution in [0.25, 0.3) is 0 Å². The Balaban J connectivity index is 2.31. The lowest BCUT2D eigenvalue weighted by Gasteiger charge is -2.10. The van der Waals surface area contributed by atoms with Gasteiger partial charge in [0.2, 0.25) is 0 Å². The van der Waals surface area contributed by atoms with Gasteiger partial charge in [-0.25, -0.2) is 0 Å². The lowest BCUT2D eigenvalue weighted by molar-refractivity contribution is 0.477. The van der Waals surface area contributed by atoms with Gasteiger partial charge >= 0.3 is 0 Å². The Morgan fingerprint density at radius 2 is 1.18 bits per heavy atom. The van der Waals surface area contributed by atoms with Crippen LogP contribution >= 0.6 is 31.9 Å². The van der Waals surface area contributed by atoms with Crippen molar-refractivity contribution in [3.05, 3.63) is 45.3 Å². The van der Waals surface area contributed by atoms with E-state index in [2.05, 4.69) is 31.9 Å². The predicted octanol–water partition coefficient (Wildman–Crippen LogP) is 4.17. The van der Waals surface area contributed by atoms with Gasteiger partial charge in [-0.1, -0.05) is 0 Å². The molecule has 0 aliphatic heterocycles. The largest absolute Gasteiger partial charge is 0.455 e. The van der Waals surface area contributed by atoms with E-state index in [0.717, 1.165) is 8.95 Å². The minimum absolute atomic E-state index is 0.681. The third-order valence-electron chi connectivity index (χ3n) is 2.13. The van der Waals surface area contributed by atoms with Crippen molar-refractivity contribution in [3.8, 4) is 11.5 Å². The molecule has 5 heteroatoms. The summed E-state index contributed by atoms with van der Waals surface area (Å²) < 4.78 is 7.36. The van der Waals surface area contributed by atoms with Gasteiger partial charge in [-0.05, 0) is 68.3 Å². The molecule has 0 fully saturated rings. The fourth-order valence-electron chi connectivity index (χ4n) is 1.32. The molecule has 0 saturated heterocycles. The van der Waals surface area contributed by atoms with Crippen LogP contribution in [0.2, 0.25) is 0 Å². The molecule has 0 bridgehead atoms. The van der Waals surface area contributed by atoms with Crippen molar-refractivity contribution >= 4 is 43.2 Å². The zero-order valence-corrected chi connectivity index (χ0v) is 12.0. The van der Waals surface area contributed by atoms with Crippen LogP contribution in [-0.2, 0) is 0 Å². The summed E-state index contributed by atoms with van der Waals surface area (Å²) in [4.78, 5) is 0. The molecule has 0 aliphatic rings. The van der Waals surface area contributed by atoms with Crippen molar-refractivity contribution in [2.24, 2.45) is 0 Å². The van der Waals surface area contributed by atoms with Crippen molar-refractivity contribution in [1.82, 2.24) is 0 Å². The first-order chi connectivity index (χ1) is 8.06. The highest BCUT2D eigenvalue weighted by molar-refractivity contribution is 9.11. The summed E-state index contributed by atoms with van der Waals surface area (Å²) in [5.74, 6) is 1.40. The summed E-state index contributed by atoms with van der Waals surface area (Å²) in [6, 6.07) is 10.8. The van der Waals surface area contributed by atoms with E-state index in [0.29, 0.717) is 22.9 Å². The summed E-state index contributed by atoms with van der Waals surface area (Å²) in [5.41, 5.74) is 12.7. The Kier molecular flexibility index (Phi) is 3.59. The Hall–Kier alpha value is -1.20. The zero-order valence-electron chi connectivity index (χ0n) is 8.78. The Morgan fingerprint density at radius 1 is 0.765 bits per heavy atom. The highest BCUT2D eigenvalue weighted by atomic mass is 79.9. The molecule has 2 aromatic carbocycles. The average Bonchev–Trinajstić information content (AvgIpc) is 2.25. The van der Waals surface area contributed by atoms with E-state index in [1.165, 1.54) is 0 Å². The SMILES string of the molecule is Nc1ccc(Oc2ccc(N)cc2Br)c(Br)c1. The number of nitrogen functional groups attached to an aromatic ring is 2. The number of rotatable bonds is 2. The van der Waals surface area contributed by atoms with Gasteiger partial charge in [-0.15, -0.1) is 0 Å². The molecule has 0 spiro atoms. The highest BCUT2D eigenvalue weighted by Gasteiger charge is 2.06. The van der Waals surface area contributed by atoms with Crippen LogP contribution in [0.15, 0.2) is 45.3 Å². The van der Waals surface area contributed by atoms with Gasteiger partial charge in [-0.3, -0.25) is 0 Å². The molecule has 2 aromatic rings. The van der Waals surface area contributed by atoms with Crippen molar-refractivity contribution in [2.45, 2.75) is 0 Å². The van der Waals surface area contributed by atoms with Crippen LogP contribution in [0.1, 0.15) is 0 Å². The highest BCUT2D eigenvalue weighted by Crippen LogP contribution is 2.35. The maximum atomic E-state index is 5.75. The second-order valence-electron chi connectivity index (χ2n) is 3.48. The first kappa shape index (κ1) is 12.3. The second-order valence-corrected chi connectivity index (χ2v) is 5.19. The summed E-state index contributed by atoms with van der Waals surface area (Å²) in [6.45, 7) is 0. The number of benzene rings is 2. The van der Waals surface area contributed by atoms with Crippen LogP contribution in [-0.4, -0.2) is 0 Å². The summed E-state index contributed by atoms with van der Waals surface area (Å²) in [7, 11) is 0. The van der Waals surface area contributed by atoms with Crippen LogP contribution < -0.4 is 16.2 Å². The van der Waals surface area contributed by atoms with Gasteiger partial charge in [0.1, 0.15) is 11.5 Å². The van der Waals surface area contributed by atoms with Gasteiger partial charge in [0.05, 0.1) is 8.95 Å². The van der Waals surface area contributed by atoms with Crippen molar-refractivity contribution in [1.29, 1.82) is 0 Å². The quantitative estimate of drug-likeness (QED) is 0.793. The van der Waals surface area contributed by atoms with E-state index in [1.807, 2.05) is 12.1 Å². The lowest BCUT2D eigenvalue weighted by atomic mass is 10.3. The summed E-state index contributed by atoms with van der Waals surface area (Å²) >= 11 is 6.80. The summed E-state index contributed by atoms with van der Waals surface area (Å²) in [5, 5.41) is 0. The number of hydrogen-bond donors (Lipinski definition) is 2. The topological polar surface area (TPSA) is 61.3 Å². The maximum Gasteiger partial charge on any atom is 0.141 e. The molecule has 3 nitrogen and oxygen atoms in total. The second kappa shape index (κ2) is 4.98. The molecule has 2 rings (SSSR count). The predicted molar refractivity (Wildman–Crippen MR) is 77.2 cm³/mol. The minimum Gasteiger partial charge on any atom is -0.455 e. The van der Waals surface area contributed by atoms with E-state index in [1.54, 1.807) is 24.3 Å². The molecule has 0 saturated carbocycles. The number of halogens is 2. The average molecular weight is 358 g/mol. The normalized spacial score (nSPS) is 10.2. The molecular formula is C12H10Br2N2O. The standard InChI is InChI=1S/C12H10Br2N2O/c13-9-5-7(15)1-3-11(9)17-12-4-2-8(16)6-10(12)14/h1-6H,15-16H2. The van der Waals surface area contributed by atoms with Crippen molar-refractivity contribution in [2.75, 3.05) is 11.5 Å². The molecule has 17 heavy (non-hydrogen) atoms. The van der Waals surface area contributed by atoms with Crippen molar-refractivity contribution in [3.63, 3.8) is 0 Å². The van der Waals surface area contributed by atoms with Gasteiger partial charge in [0.25, 0.3) is 0 Å². The van der Waals surface area contributed by atoms with E-state index in [-0.39, 0.29) is 0 Å². The van der Waals surface area contributed by atoms with E-state index in [4.69, 9.17) is 16.2 Å². The van der Waals surface area contributed by atoms with Gasteiger partial charge < -0.3 is 16.2 Å². The Morgan fingerprint density at radius 3 is 1.53 bits per heavy atom. The molecule has 0 unspecified atom stereocenters. The first-order valence-electron chi connectivity index (χ1n) is 4.84.